The summed E-state index contributed by atoms with van der Waals surface area (Å²) >= 11 is 2.14. The second kappa shape index (κ2) is 6.70. The number of thioether (sulfide) groups is 1. The summed E-state index contributed by atoms with van der Waals surface area (Å²) in [6, 6.07) is 0.767. The summed E-state index contributed by atoms with van der Waals surface area (Å²) in [4.78, 5) is 0. The van der Waals surface area contributed by atoms with E-state index in [0.717, 1.165) is 11.3 Å². The molecule has 0 spiro atoms. The van der Waals surface area contributed by atoms with E-state index in [2.05, 4.69) is 30.1 Å². The quantitative estimate of drug-likeness (QED) is 0.750. The summed E-state index contributed by atoms with van der Waals surface area (Å²) in [6.45, 7) is 3.57. The van der Waals surface area contributed by atoms with Crippen LogP contribution in [0.4, 0.5) is 0 Å². The van der Waals surface area contributed by atoms with Crippen LogP contribution in [0.15, 0.2) is 11.6 Å². The van der Waals surface area contributed by atoms with Crippen LogP contribution < -0.4 is 5.32 Å². The molecule has 1 aliphatic carbocycles. The lowest BCUT2D eigenvalue weighted by Crippen LogP contribution is -2.39. The Kier molecular flexibility index (Phi) is 5.24. The zero-order chi connectivity index (χ0) is 11.2. The Hall–Kier alpha value is 0.0500. The van der Waals surface area contributed by atoms with Crippen molar-refractivity contribution in [2.75, 3.05) is 12.3 Å². The smallest absolute Gasteiger partial charge is 0.0184 e. The standard InChI is InChI=1S/C14H25NS/c1-12-14(8-5-11-16-12)15-10-9-13-6-3-2-4-7-13/h6,12,14-15H,2-5,7-11H2,1H3. The normalized spacial score (nSPS) is 31.2. The molecule has 16 heavy (non-hydrogen) atoms. The Morgan fingerprint density at radius 1 is 1.38 bits per heavy atom. The van der Waals surface area contributed by atoms with Crippen LogP contribution in [0.1, 0.15) is 51.9 Å². The number of rotatable bonds is 4. The minimum Gasteiger partial charge on any atom is -0.313 e. The molecule has 2 heteroatoms. The van der Waals surface area contributed by atoms with Crippen molar-refractivity contribution in [2.45, 2.75) is 63.2 Å². The molecule has 92 valence electrons. The molecule has 0 aromatic heterocycles. The van der Waals surface area contributed by atoms with Gasteiger partial charge in [-0.3, -0.25) is 0 Å². The van der Waals surface area contributed by atoms with Gasteiger partial charge in [-0.25, -0.2) is 0 Å². The van der Waals surface area contributed by atoms with Crippen molar-refractivity contribution in [1.82, 2.24) is 5.32 Å². The van der Waals surface area contributed by atoms with Crippen molar-refractivity contribution in [3.05, 3.63) is 11.6 Å². The zero-order valence-electron chi connectivity index (χ0n) is 10.5. The van der Waals surface area contributed by atoms with E-state index in [4.69, 9.17) is 0 Å². The lowest BCUT2D eigenvalue weighted by molar-refractivity contribution is 0.462. The van der Waals surface area contributed by atoms with Crippen LogP contribution in [-0.4, -0.2) is 23.6 Å². The summed E-state index contributed by atoms with van der Waals surface area (Å²) in [5, 5.41) is 4.57. The largest absolute Gasteiger partial charge is 0.313 e. The van der Waals surface area contributed by atoms with E-state index in [1.807, 2.05) is 0 Å². The molecule has 1 aliphatic heterocycles. The molecule has 0 amide bonds. The highest BCUT2D eigenvalue weighted by Gasteiger charge is 2.20. The SMILES string of the molecule is CC1SCCCC1NCCC1=CCCCC1. The molecule has 0 saturated carbocycles. The van der Waals surface area contributed by atoms with Crippen LogP contribution in [0.25, 0.3) is 0 Å². The molecule has 1 heterocycles. The van der Waals surface area contributed by atoms with Gasteiger partial charge in [-0.15, -0.1) is 0 Å². The van der Waals surface area contributed by atoms with Crippen LogP contribution in [0.2, 0.25) is 0 Å². The van der Waals surface area contributed by atoms with E-state index in [1.54, 1.807) is 5.57 Å². The third-order valence-corrected chi connectivity index (χ3v) is 5.22. The van der Waals surface area contributed by atoms with Crippen LogP contribution in [0.3, 0.4) is 0 Å². The van der Waals surface area contributed by atoms with Gasteiger partial charge in [-0.05, 0) is 57.2 Å². The number of nitrogens with one attached hydrogen (secondary N) is 1. The molecule has 0 aromatic carbocycles. The Morgan fingerprint density at radius 2 is 2.31 bits per heavy atom. The van der Waals surface area contributed by atoms with Crippen molar-refractivity contribution < 1.29 is 0 Å². The molecule has 2 rings (SSSR count). The predicted molar refractivity (Wildman–Crippen MR) is 74.1 cm³/mol. The molecular weight excluding hydrogens is 214 g/mol. The van der Waals surface area contributed by atoms with Crippen molar-refractivity contribution in [3.8, 4) is 0 Å². The molecule has 0 radical (unpaired) electrons. The fourth-order valence-electron chi connectivity index (χ4n) is 2.74. The van der Waals surface area contributed by atoms with Gasteiger partial charge in [0.1, 0.15) is 0 Å². The van der Waals surface area contributed by atoms with Crippen molar-refractivity contribution in [3.63, 3.8) is 0 Å². The van der Waals surface area contributed by atoms with Gasteiger partial charge >= 0.3 is 0 Å². The second-order valence-electron chi connectivity index (χ2n) is 5.14. The minimum absolute atomic E-state index is 0.767. The highest BCUT2D eigenvalue weighted by atomic mass is 32.2. The fourth-order valence-corrected chi connectivity index (χ4v) is 3.91. The molecule has 0 bridgehead atoms. The highest BCUT2D eigenvalue weighted by Crippen LogP contribution is 2.25. The van der Waals surface area contributed by atoms with Crippen molar-refractivity contribution in [1.29, 1.82) is 0 Å². The van der Waals surface area contributed by atoms with Gasteiger partial charge in [0, 0.05) is 11.3 Å². The van der Waals surface area contributed by atoms with Crippen LogP contribution in [0.5, 0.6) is 0 Å². The monoisotopic (exact) mass is 239 g/mol. The van der Waals surface area contributed by atoms with E-state index < -0.39 is 0 Å². The third kappa shape index (κ3) is 3.81. The maximum Gasteiger partial charge on any atom is 0.0184 e. The van der Waals surface area contributed by atoms with Crippen molar-refractivity contribution in [2.24, 2.45) is 0 Å². The zero-order valence-corrected chi connectivity index (χ0v) is 11.3. The Bertz CT molecular complexity index is 237. The van der Waals surface area contributed by atoms with Crippen molar-refractivity contribution >= 4 is 11.8 Å². The lowest BCUT2D eigenvalue weighted by Gasteiger charge is -2.29. The number of hydrogen-bond donors (Lipinski definition) is 1. The maximum absolute atomic E-state index is 3.76. The maximum atomic E-state index is 3.76. The molecule has 2 aliphatic rings. The Morgan fingerprint density at radius 3 is 3.06 bits per heavy atom. The minimum atomic E-state index is 0.767. The average molecular weight is 239 g/mol. The van der Waals surface area contributed by atoms with E-state index in [-0.39, 0.29) is 0 Å². The highest BCUT2D eigenvalue weighted by molar-refractivity contribution is 7.99. The molecule has 2 unspecified atom stereocenters. The molecular formula is C14H25NS. The van der Waals surface area contributed by atoms with Crippen LogP contribution in [0, 0.1) is 0 Å². The van der Waals surface area contributed by atoms with Gasteiger partial charge in [0.2, 0.25) is 0 Å². The number of hydrogen-bond acceptors (Lipinski definition) is 2. The molecule has 0 aromatic rings. The topological polar surface area (TPSA) is 12.0 Å². The van der Waals surface area contributed by atoms with Crippen LogP contribution in [-0.2, 0) is 0 Å². The first-order valence-electron chi connectivity index (χ1n) is 6.89. The third-order valence-electron chi connectivity index (χ3n) is 3.84. The first-order chi connectivity index (χ1) is 7.86. The predicted octanol–water partition coefficient (Wildman–Crippen LogP) is 3.75. The van der Waals surface area contributed by atoms with E-state index in [9.17, 15) is 0 Å². The first kappa shape index (κ1) is 12.5. The van der Waals surface area contributed by atoms with E-state index >= 15 is 0 Å². The van der Waals surface area contributed by atoms with Gasteiger partial charge in [0.05, 0.1) is 0 Å². The first-order valence-corrected chi connectivity index (χ1v) is 7.94. The lowest BCUT2D eigenvalue weighted by atomic mass is 9.97. The van der Waals surface area contributed by atoms with E-state index in [1.165, 1.54) is 57.2 Å². The van der Waals surface area contributed by atoms with Gasteiger partial charge < -0.3 is 5.32 Å². The summed E-state index contributed by atoms with van der Waals surface area (Å²) in [5.74, 6) is 1.37. The Labute approximate surface area is 104 Å². The molecule has 2 atom stereocenters. The van der Waals surface area contributed by atoms with Gasteiger partial charge in [-0.2, -0.15) is 11.8 Å². The molecule has 1 N–H and O–H groups in total. The van der Waals surface area contributed by atoms with Gasteiger partial charge in [-0.1, -0.05) is 18.6 Å². The molecule has 1 nitrogen and oxygen atoms in total. The summed E-state index contributed by atoms with van der Waals surface area (Å²) < 4.78 is 0. The Balaban J connectivity index is 1.64. The molecule has 1 fully saturated rings. The van der Waals surface area contributed by atoms with Gasteiger partial charge in [0.15, 0.2) is 0 Å². The van der Waals surface area contributed by atoms with Gasteiger partial charge in [0.25, 0.3) is 0 Å². The summed E-state index contributed by atoms with van der Waals surface area (Å²) in [7, 11) is 0. The fraction of sp³-hybridized carbons (Fsp3) is 0.857. The summed E-state index contributed by atoms with van der Waals surface area (Å²) in [5.41, 5.74) is 1.70. The number of allylic oxidation sites excluding steroid dienone is 1. The molecule has 1 saturated heterocycles. The van der Waals surface area contributed by atoms with E-state index in [0.29, 0.717) is 0 Å². The van der Waals surface area contributed by atoms with Crippen LogP contribution >= 0.6 is 11.8 Å². The summed E-state index contributed by atoms with van der Waals surface area (Å²) in [6.07, 6.45) is 12.1. The average Bonchev–Trinajstić information content (AvgIpc) is 2.33. The second-order valence-corrected chi connectivity index (χ2v) is 6.62.